The predicted octanol–water partition coefficient (Wildman–Crippen LogP) is 1.07. The number of rotatable bonds is 3. The van der Waals surface area contributed by atoms with Crippen molar-refractivity contribution in [1.82, 2.24) is 0 Å². The molecule has 0 atom stereocenters. The van der Waals surface area contributed by atoms with Crippen LogP contribution in [0.3, 0.4) is 0 Å². The van der Waals surface area contributed by atoms with E-state index in [9.17, 15) is 9.59 Å². The van der Waals surface area contributed by atoms with Crippen LogP contribution < -0.4 is 10.1 Å². The molecule has 0 radical (unpaired) electrons. The highest BCUT2D eigenvalue weighted by atomic mass is 16.5. The molecular formula is C12H12N2O4. The van der Waals surface area contributed by atoms with E-state index in [0.29, 0.717) is 5.75 Å². The highest BCUT2D eigenvalue weighted by Gasteiger charge is 2.19. The third-order valence-corrected chi connectivity index (χ3v) is 2.07. The molecule has 0 saturated heterocycles. The zero-order valence-electron chi connectivity index (χ0n) is 10.0. The lowest BCUT2D eigenvalue weighted by molar-refractivity contribution is -0.152. The standard InChI is InChI=1S/C12H12N2O4/c1-3-18-12(16)11(15)14-10-8(7-13)5-4-6-9(10)17-2/h4-6H,3H2,1-2H3,(H,14,15). The van der Waals surface area contributed by atoms with Crippen molar-refractivity contribution in [1.29, 1.82) is 5.26 Å². The number of nitrogens with zero attached hydrogens (tertiary/aromatic N) is 1. The van der Waals surface area contributed by atoms with E-state index in [0.717, 1.165) is 0 Å². The van der Waals surface area contributed by atoms with Gasteiger partial charge in [0.05, 0.1) is 19.3 Å². The number of carbonyl (C=O) groups excluding carboxylic acids is 2. The molecule has 0 spiro atoms. The number of benzene rings is 1. The zero-order valence-corrected chi connectivity index (χ0v) is 10.0. The Balaban J connectivity index is 3.00. The highest BCUT2D eigenvalue weighted by molar-refractivity contribution is 6.37. The van der Waals surface area contributed by atoms with Crippen LogP contribution >= 0.6 is 0 Å². The van der Waals surface area contributed by atoms with Gasteiger partial charge in [0.25, 0.3) is 0 Å². The second kappa shape index (κ2) is 6.25. The summed E-state index contributed by atoms with van der Waals surface area (Å²) in [7, 11) is 1.40. The van der Waals surface area contributed by atoms with Crippen LogP contribution in [0.5, 0.6) is 5.75 Å². The van der Waals surface area contributed by atoms with Crippen molar-refractivity contribution >= 4 is 17.6 Å². The number of amides is 1. The number of carbonyl (C=O) groups is 2. The molecule has 1 rings (SSSR count). The molecule has 1 N–H and O–H groups in total. The molecule has 1 amide bonds. The maximum absolute atomic E-state index is 11.5. The molecule has 0 aliphatic carbocycles. The Morgan fingerprint density at radius 3 is 2.72 bits per heavy atom. The SMILES string of the molecule is CCOC(=O)C(=O)Nc1c(C#N)cccc1OC. The van der Waals surface area contributed by atoms with E-state index in [-0.39, 0.29) is 17.9 Å². The third-order valence-electron chi connectivity index (χ3n) is 2.07. The van der Waals surface area contributed by atoms with Crippen molar-refractivity contribution < 1.29 is 19.1 Å². The number of hydrogen-bond acceptors (Lipinski definition) is 5. The molecule has 1 aromatic carbocycles. The second-order valence-electron chi connectivity index (χ2n) is 3.17. The maximum Gasteiger partial charge on any atom is 0.397 e. The summed E-state index contributed by atoms with van der Waals surface area (Å²) in [6.45, 7) is 1.69. The van der Waals surface area contributed by atoms with E-state index in [2.05, 4.69) is 10.1 Å². The minimum absolute atomic E-state index is 0.100. The first-order chi connectivity index (χ1) is 8.63. The number of ether oxygens (including phenoxy) is 2. The van der Waals surface area contributed by atoms with Gasteiger partial charge in [0.15, 0.2) is 0 Å². The molecule has 6 nitrogen and oxygen atoms in total. The lowest BCUT2D eigenvalue weighted by atomic mass is 10.2. The predicted molar refractivity (Wildman–Crippen MR) is 63.0 cm³/mol. The Kier molecular flexibility index (Phi) is 4.69. The molecule has 0 saturated carbocycles. The summed E-state index contributed by atoms with van der Waals surface area (Å²) in [5, 5.41) is 11.2. The molecule has 0 unspecified atom stereocenters. The number of nitriles is 1. The van der Waals surface area contributed by atoms with Crippen LogP contribution in [0.1, 0.15) is 12.5 Å². The minimum Gasteiger partial charge on any atom is -0.495 e. The summed E-state index contributed by atoms with van der Waals surface area (Å²) < 4.78 is 9.56. The van der Waals surface area contributed by atoms with E-state index in [1.807, 2.05) is 6.07 Å². The van der Waals surface area contributed by atoms with Crippen LogP contribution in [0.2, 0.25) is 0 Å². The zero-order chi connectivity index (χ0) is 13.5. The van der Waals surface area contributed by atoms with Gasteiger partial charge in [-0.25, -0.2) is 4.79 Å². The van der Waals surface area contributed by atoms with Crippen molar-refractivity contribution in [2.45, 2.75) is 6.92 Å². The van der Waals surface area contributed by atoms with Crippen LogP contribution in [-0.4, -0.2) is 25.6 Å². The topological polar surface area (TPSA) is 88.4 Å². The lowest BCUT2D eigenvalue weighted by Gasteiger charge is -2.10. The number of hydrogen-bond donors (Lipinski definition) is 1. The molecule has 0 heterocycles. The quantitative estimate of drug-likeness (QED) is 0.638. The summed E-state index contributed by atoms with van der Waals surface area (Å²) in [4.78, 5) is 22.7. The fourth-order valence-electron chi connectivity index (χ4n) is 1.28. The van der Waals surface area contributed by atoms with E-state index < -0.39 is 11.9 Å². The van der Waals surface area contributed by atoms with Crippen molar-refractivity contribution in [3.8, 4) is 11.8 Å². The molecular weight excluding hydrogens is 236 g/mol. The number of nitrogens with one attached hydrogen (secondary N) is 1. The van der Waals surface area contributed by atoms with Crippen LogP contribution in [0.25, 0.3) is 0 Å². The van der Waals surface area contributed by atoms with Gasteiger partial charge in [-0.15, -0.1) is 0 Å². The van der Waals surface area contributed by atoms with Gasteiger partial charge in [-0.3, -0.25) is 4.79 Å². The van der Waals surface area contributed by atoms with Gasteiger partial charge in [0, 0.05) is 0 Å². The normalized spacial score (nSPS) is 9.17. The van der Waals surface area contributed by atoms with Gasteiger partial charge in [-0.1, -0.05) is 6.07 Å². The van der Waals surface area contributed by atoms with E-state index >= 15 is 0 Å². The van der Waals surface area contributed by atoms with Crippen molar-refractivity contribution in [3.63, 3.8) is 0 Å². The maximum atomic E-state index is 11.5. The second-order valence-corrected chi connectivity index (χ2v) is 3.17. The Morgan fingerprint density at radius 2 is 2.17 bits per heavy atom. The number of para-hydroxylation sites is 1. The van der Waals surface area contributed by atoms with E-state index in [1.165, 1.54) is 13.2 Å². The van der Waals surface area contributed by atoms with Crippen LogP contribution in [0.15, 0.2) is 18.2 Å². The largest absolute Gasteiger partial charge is 0.495 e. The first-order valence-electron chi connectivity index (χ1n) is 5.19. The van der Waals surface area contributed by atoms with Crippen LogP contribution in [0, 0.1) is 11.3 Å². The fraction of sp³-hybridized carbons (Fsp3) is 0.250. The van der Waals surface area contributed by atoms with Gasteiger partial charge in [-0.05, 0) is 19.1 Å². The van der Waals surface area contributed by atoms with Gasteiger partial charge < -0.3 is 14.8 Å². The van der Waals surface area contributed by atoms with Crippen LogP contribution in [0.4, 0.5) is 5.69 Å². The van der Waals surface area contributed by atoms with Crippen LogP contribution in [-0.2, 0) is 14.3 Å². The third kappa shape index (κ3) is 2.98. The first-order valence-corrected chi connectivity index (χ1v) is 5.19. The summed E-state index contributed by atoms with van der Waals surface area (Å²) >= 11 is 0. The van der Waals surface area contributed by atoms with Crippen molar-refractivity contribution in [2.75, 3.05) is 19.0 Å². The van der Waals surface area contributed by atoms with Gasteiger partial charge in [0.2, 0.25) is 0 Å². The summed E-state index contributed by atoms with van der Waals surface area (Å²) in [6.07, 6.45) is 0. The Hall–Kier alpha value is -2.55. The van der Waals surface area contributed by atoms with Gasteiger partial charge in [0.1, 0.15) is 17.5 Å². The smallest absolute Gasteiger partial charge is 0.397 e. The summed E-state index contributed by atoms with van der Waals surface area (Å²) in [5.41, 5.74) is 0.354. The molecule has 1 aromatic rings. The summed E-state index contributed by atoms with van der Waals surface area (Å²) in [5.74, 6) is -1.66. The monoisotopic (exact) mass is 248 g/mol. The first kappa shape index (κ1) is 13.5. The molecule has 0 bridgehead atoms. The molecule has 0 aliphatic heterocycles. The molecule has 0 aromatic heterocycles. The van der Waals surface area contributed by atoms with E-state index in [4.69, 9.17) is 10.00 Å². The molecule has 18 heavy (non-hydrogen) atoms. The average molecular weight is 248 g/mol. The average Bonchev–Trinajstić information content (AvgIpc) is 2.39. The Labute approximate surface area is 104 Å². The van der Waals surface area contributed by atoms with Gasteiger partial charge >= 0.3 is 11.9 Å². The molecule has 0 aliphatic rings. The Morgan fingerprint density at radius 1 is 1.44 bits per heavy atom. The lowest BCUT2D eigenvalue weighted by Crippen LogP contribution is -2.25. The number of methoxy groups -OCH3 is 1. The Bertz CT molecular complexity index is 505. The summed E-state index contributed by atoms with van der Waals surface area (Å²) in [6, 6.07) is 6.58. The van der Waals surface area contributed by atoms with Gasteiger partial charge in [-0.2, -0.15) is 5.26 Å². The van der Waals surface area contributed by atoms with Crippen molar-refractivity contribution in [3.05, 3.63) is 23.8 Å². The number of anilines is 1. The number of esters is 1. The van der Waals surface area contributed by atoms with E-state index in [1.54, 1.807) is 19.1 Å². The highest BCUT2D eigenvalue weighted by Crippen LogP contribution is 2.27. The minimum atomic E-state index is -1.01. The fourth-order valence-corrected chi connectivity index (χ4v) is 1.28. The molecule has 0 fully saturated rings. The van der Waals surface area contributed by atoms with Crippen molar-refractivity contribution in [2.24, 2.45) is 0 Å². The molecule has 94 valence electrons. The molecule has 6 heteroatoms.